The Hall–Kier alpha value is -3.04. The molecule has 3 aliphatic rings. The number of aliphatic imine (C=N–C) groups is 1. The van der Waals surface area contributed by atoms with Gasteiger partial charge in [0.25, 0.3) is 0 Å². The highest BCUT2D eigenvalue weighted by Gasteiger charge is 2.28. The molecule has 0 aromatic carbocycles. The number of piperidine rings is 1. The van der Waals surface area contributed by atoms with Gasteiger partial charge in [0.1, 0.15) is 17.8 Å². The second kappa shape index (κ2) is 10.5. The van der Waals surface area contributed by atoms with Gasteiger partial charge in [-0.05, 0) is 62.6 Å². The zero-order chi connectivity index (χ0) is 23.3. The third kappa shape index (κ3) is 5.53. The highest BCUT2D eigenvalue weighted by atomic mass is 16.5. The lowest BCUT2D eigenvalue weighted by atomic mass is 9.85. The minimum Gasteiger partial charge on any atom is -0.481 e. The van der Waals surface area contributed by atoms with E-state index in [9.17, 15) is 4.79 Å². The molecule has 1 saturated heterocycles. The molecule has 1 unspecified atom stereocenters. The summed E-state index contributed by atoms with van der Waals surface area (Å²) in [5.41, 5.74) is 8.28. The summed E-state index contributed by atoms with van der Waals surface area (Å²) in [5, 5.41) is 8.98. The number of aromatic nitrogens is 2. The molecule has 2 aromatic heterocycles. The molecule has 5 rings (SSSR count). The minimum atomic E-state index is -0.684. The summed E-state index contributed by atoms with van der Waals surface area (Å²) in [7, 11) is 0. The molecule has 1 atom stereocenters. The Kier molecular flexibility index (Phi) is 7.01. The average Bonchev–Trinajstić information content (AvgIpc) is 3.37. The van der Waals surface area contributed by atoms with E-state index < -0.39 is 5.97 Å². The van der Waals surface area contributed by atoms with E-state index in [-0.39, 0.29) is 18.4 Å². The van der Waals surface area contributed by atoms with Gasteiger partial charge in [-0.25, -0.2) is 15.4 Å². The summed E-state index contributed by atoms with van der Waals surface area (Å²) in [6, 6.07) is 8.02. The van der Waals surface area contributed by atoms with Gasteiger partial charge in [0.15, 0.2) is 0 Å². The van der Waals surface area contributed by atoms with E-state index in [0.717, 1.165) is 74.4 Å². The number of carboxylic acids is 1. The quantitative estimate of drug-likeness (QED) is 0.573. The normalized spacial score (nSPS) is 25.6. The van der Waals surface area contributed by atoms with Crippen LogP contribution in [0.5, 0.6) is 0 Å². The minimum absolute atomic E-state index is 0.179. The highest BCUT2D eigenvalue weighted by molar-refractivity contribution is 5.99. The van der Waals surface area contributed by atoms with Gasteiger partial charge < -0.3 is 20.2 Å². The zero-order valence-electron chi connectivity index (χ0n) is 19.3. The molecule has 2 aromatic rings. The van der Waals surface area contributed by atoms with E-state index in [0.29, 0.717) is 12.3 Å². The van der Waals surface area contributed by atoms with Crippen LogP contribution in [0.2, 0.25) is 0 Å². The maximum atomic E-state index is 10.9. The van der Waals surface area contributed by atoms with Crippen LogP contribution in [-0.2, 0) is 9.53 Å². The first-order chi connectivity index (χ1) is 16.6. The lowest BCUT2D eigenvalue weighted by Crippen LogP contribution is -2.39. The number of hydrogen-bond donors (Lipinski definition) is 3. The molecule has 0 bridgehead atoms. The van der Waals surface area contributed by atoms with Crippen LogP contribution in [0, 0.1) is 5.92 Å². The number of amidine groups is 1. The van der Waals surface area contributed by atoms with E-state index in [4.69, 9.17) is 19.8 Å². The molecule has 2 aliphatic heterocycles. The Labute approximate surface area is 199 Å². The van der Waals surface area contributed by atoms with Crippen LogP contribution in [0.25, 0.3) is 0 Å². The SMILES string of the molecule is O=C(O)CC1CCC(OC2CCN(c3ccc(C4N=C(c5cccnc5)NN4)cn3)CC2)CC1. The Morgan fingerprint density at radius 2 is 1.85 bits per heavy atom. The number of anilines is 1. The molecule has 0 amide bonds. The van der Waals surface area contributed by atoms with Gasteiger partial charge in [-0.1, -0.05) is 6.07 Å². The number of rotatable bonds is 7. The predicted octanol–water partition coefficient (Wildman–Crippen LogP) is 3.05. The molecule has 4 heterocycles. The number of aliphatic carboxylic acids is 1. The number of nitrogens with zero attached hydrogens (tertiary/aromatic N) is 4. The molecule has 3 N–H and O–H groups in total. The summed E-state index contributed by atoms with van der Waals surface area (Å²) in [6.07, 6.45) is 12.0. The van der Waals surface area contributed by atoms with Gasteiger partial charge in [-0.2, -0.15) is 0 Å². The molecule has 1 saturated carbocycles. The lowest BCUT2D eigenvalue weighted by molar-refractivity contribution is -0.138. The van der Waals surface area contributed by atoms with Crippen molar-refractivity contribution in [2.45, 2.75) is 63.3 Å². The maximum Gasteiger partial charge on any atom is 0.303 e. The fraction of sp³-hybridized carbons (Fsp3) is 0.520. The summed E-state index contributed by atoms with van der Waals surface area (Å²) in [5.74, 6) is 1.39. The molecule has 9 heteroatoms. The van der Waals surface area contributed by atoms with Crippen LogP contribution in [-0.4, -0.2) is 52.2 Å². The van der Waals surface area contributed by atoms with E-state index in [1.54, 1.807) is 12.4 Å². The van der Waals surface area contributed by atoms with Crippen LogP contribution in [0.15, 0.2) is 47.8 Å². The van der Waals surface area contributed by atoms with Crippen molar-refractivity contribution in [3.63, 3.8) is 0 Å². The monoisotopic (exact) mass is 464 g/mol. The molecular formula is C25H32N6O3. The Morgan fingerprint density at radius 1 is 1.06 bits per heavy atom. The summed E-state index contributed by atoms with van der Waals surface area (Å²) in [4.78, 5) is 26.8. The van der Waals surface area contributed by atoms with Crippen molar-refractivity contribution in [2.75, 3.05) is 18.0 Å². The van der Waals surface area contributed by atoms with E-state index in [1.807, 2.05) is 18.3 Å². The standard InChI is InChI=1S/C25H32N6O3/c32-23(33)14-17-3-6-20(7-4-17)34-21-9-12-31(13-10-21)22-8-5-19(16-27-22)25-28-24(29-30-25)18-2-1-11-26-15-18/h1-2,5,8,11,15-17,20-21,25,30H,3-4,6-7,9-10,12-14H2,(H,28,29)(H,32,33). The molecular weight excluding hydrogens is 432 g/mol. The third-order valence-electron chi connectivity index (χ3n) is 7.01. The topological polar surface area (TPSA) is 112 Å². The Bertz CT molecular complexity index is 983. The number of ether oxygens (including phenoxy) is 1. The van der Waals surface area contributed by atoms with Gasteiger partial charge in [0.2, 0.25) is 0 Å². The van der Waals surface area contributed by atoms with E-state index in [2.05, 4.69) is 32.9 Å². The third-order valence-corrected chi connectivity index (χ3v) is 7.01. The second-order valence-electron chi connectivity index (χ2n) is 9.40. The molecule has 180 valence electrons. The number of hydrazine groups is 1. The first-order valence-corrected chi connectivity index (χ1v) is 12.2. The largest absolute Gasteiger partial charge is 0.481 e. The summed E-state index contributed by atoms with van der Waals surface area (Å²) >= 11 is 0. The molecule has 1 aliphatic carbocycles. The van der Waals surface area contributed by atoms with Crippen molar-refractivity contribution in [1.82, 2.24) is 20.8 Å². The predicted molar refractivity (Wildman–Crippen MR) is 128 cm³/mol. The maximum absolute atomic E-state index is 10.9. The van der Waals surface area contributed by atoms with Gasteiger partial charge >= 0.3 is 5.97 Å². The first kappa shape index (κ1) is 22.7. The molecule has 34 heavy (non-hydrogen) atoms. The smallest absolute Gasteiger partial charge is 0.303 e. The fourth-order valence-electron chi connectivity index (χ4n) is 5.10. The number of nitrogens with one attached hydrogen (secondary N) is 2. The number of hydrogen-bond acceptors (Lipinski definition) is 8. The molecule has 2 fully saturated rings. The van der Waals surface area contributed by atoms with Crippen molar-refractivity contribution in [1.29, 1.82) is 0 Å². The zero-order valence-corrected chi connectivity index (χ0v) is 19.3. The summed E-state index contributed by atoms with van der Waals surface area (Å²) in [6.45, 7) is 1.86. The molecule has 9 nitrogen and oxygen atoms in total. The Balaban J connectivity index is 1.09. The van der Waals surface area contributed by atoms with Crippen molar-refractivity contribution in [3.05, 3.63) is 54.0 Å². The van der Waals surface area contributed by atoms with Crippen molar-refractivity contribution >= 4 is 17.6 Å². The van der Waals surface area contributed by atoms with Crippen LogP contribution in [0.3, 0.4) is 0 Å². The summed E-state index contributed by atoms with van der Waals surface area (Å²) < 4.78 is 6.37. The molecule has 0 spiro atoms. The number of carboxylic acid groups (broad SMARTS) is 1. The van der Waals surface area contributed by atoms with Crippen LogP contribution < -0.4 is 15.8 Å². The lowest BCUT2D eigenvalue weighted by Gasteiger charge is -2.36. The van der Waals surface area contributed by atoms with Crippen molar-refractivity contribution in [3.8, 4) is 0 Å². The second-order valence-corrected chi connectivity index (χ2v) is 9.40. The van der Waals surface area contributed by atoms with Crippen molar-refractivity contribution in [2.24, 2.45) is 10.9 Å². The Morgan fingerprint density at radius 3 is 2.53 bits per heavy atom. The molecule has 0 radical (unpaired) electrons. The first-order valence-electron chi connectivity index (χ1n) is 12.2. The van der Waals surface area contributed by atoms with Gasteiger partial charge in [0.05, 0.1) is 12.2 Å². The van der Waals surface area contributed by atoms with Crippen LogP contribution >= 0.6 is 0 Å². The van der Waals surface area contributed by atoms with Crippen LogP contribution in [0.4, 0.5) is 5.82 Å². The van der Waals surface area contributed by atoms with Gasteiger partial charge in [-0.3, -0.25) is 9.78 Å². The van der Waals surface area contributed by atoms with Gasteiger partial charge in [-0.15, -0.1) is 0 Å². The number of pyridine rings is 2. The number of carbonyl (C=O) groups is 1. The average molecular weight is 465 g/mol. The van der Waals surface area contributed by atoms with Crippen molar-refractivity contribution < 1.29 is 14.6 Å². The fourth-order valence-corrected chi connectivity index (χ4v) is 5.10. The highest BCUT2D eigenvalue weighted by Crippen LogP contribution is 2.31. The van der Waals surface area contributed by atoms with E-state index in [1.165, 1.54) is 0 Å². The van der Waals surface area contributed by atoms with Crippen LogP contribution in [0.1, 0.15) is 62.2 Å². The van der Waals surface area contributed by atoms with E-state index >= 15 is 0 Å². The van der Waals surface area contributed by atoms with Gasteiger partial charge in [0, 0.05) is 49.2 Å².